The van der Waals surface area contributed by atoms with Gasteiger partial charge in [-0.1, -0.05) is 0 Å². The summed E-state index contributed by atoms with van der Waals surface area (Å²) in [6.45, 7) is 1.37. The van der Waals surface area contributed by atoms with Crippen LogP contribution in [-0.4, -0.2) is 32.2 Å². The summed E-state index contributed by atoms with van der Waals surface area (Å²) in [6, 6.07) is 3.15. The molecule has 2 aromatic heterocycles. The van der Waals surface area contributed by atoms with Crippen LogP contribution in [0.2, 0.25) is 0 Å². The molecule has 0 aliphatic rings. The second-order valence-corrected chi connectivity index (χ2v) is 3.86. The molecule has 0 saturated carbocycles. The molecule has 4 N–H and O–H groups in total. The predicted molar refractivity (Wildman–Crippen MR) is 69.0 cm³/mol. The Kier molecular flexibility index (Phi) is 4.40. The number of hydrogen-bond donors (Lipinski definition) is 3. The van der Waals surface area contributed by atoms with Crippen molar-refractivity contribution in [2.24, 2.45) is 5.84 Å². The van der Waals surface area contributed by atoms with Gasteiger partial charge in [0.2, 0.25) is 0 Å². The number of aryl methyl sites for hydroxylation is 1. The van der Waals surface area contributed by atoms with Gasteiger partial charge in [-0.05, 0) is 18.6 Å². The molecule has 2 rings (SSSR count). The lowest BCUT2D eigenvalue weighted by Gasteiger charge is -2.05. The minimum absolute atomic E-state index is 0.248. The van der Waals surface area contributed by atoms with Crippen molar-refractivity contribution >= 4 is 11.7 Å². The predicted octanol–water partition coefficient (Wildman–Crippen LogP) is -0.221. The lowest BCUT2D eigenvalue weighted by Crippen LogP contribution is -2.26. The Hall–Kier alpha value is -2.48. The summed E-state index contributed by atoms with van der Waals surface area (Å²) >= 11 is 0. The molecule has 0 aliphatic carbocycles. The highest BCUT2D eigenvalue weighted by atomic mass is 16.1. The molecule has 0 aromatic carbocycles. The van der Waals surface area contributed by atoms with Crippen LogP contribution in [0.3, 0.4) is 0 Å². The van der Waals surface area contributed by atoms with Crippen LogP contribution in [0.25, 0.3) is 0 Å². The lowest BCUT2D eigenvalue weighted by molar-refractivity contribution is 0.0947. The van der Waals surface area contributed by atoms with Gasteiger partial charge >= 0.3 is 0 Å². The maximum atomic E-state index is 11.7. The highest BCUT2D eigenvalue weighted by molar-refractivity contribution is 5.92. The average molecular weight is 261 g/mol. The molecule has 0 bridgehead atoms. The number of aromatic nitrogens is 4. The second-order valence-electron chi connectivity index (χ2n) is 3.86. The number of nitrogens with one attached hydrogen (secondary N) is 2. The number of nitrogens with two attached hydrogens (primary N) is 1. The van der Waals surface area contributed by atoms with Gasteiger partial charge in [0.05, 0.1) is 6.33 Å². The number of imidazole rings is 1. The molecule has 1 amide bonds. The van der Waals surface area contributed by atoms with Crippen molar-refractivity contribution in [1.82, 2.24) is 25.1 Å². The fourth-order valence-electron chi connectivity index (χ4n) is 1.50. The zero-order valence-electron chi connectivity index (χ0n) is 10.3. The van der Waals surface area contributed by atoms with Crippen molar-refractivity contribution in [3.05, 3.63) is 36.5 Å². The van der Waals surface area contributed by atoms with E-state index in [1.54, 1.807) is 24.7 Å². The van der Waals surface area contributed by atoms with Crippen molar-refractivity contribution in [2.45, 2.75) is 13.0 Å². The first-order chi connectivity index (χ1) is 9.29. The maximum Gasteiger partial charge on any atom is 0.271 e. The smallest absolute Gasteiger partial charge is 0.271 e. The van der Waals surface area contributed by atoms with Gasteiger partial charge in [0.1, 0.15) is 0 Å². The van der Waals surface area contributed by atoms with E-state index in [-0.39, 0.29) is 11.6 Å². The van der Waals surface area contributed by atoms with Crippen LogP contribution < -0.4 is 16.6 Å². The molecule has 0 saturated heterocycles. The Morgan fingerprint density at radius 2 is 2.26 bits per heavy atom. The van der Waals surface area contributed by atoms with Crippen LogP contribution in [0.1, 0.15) is 16.9 Å². The Morgan fingerprint density at radius 1 is 1.37 bits per heavy atom. The van der Waals surface area contributed by atoms with Crippen molar-refractivity contribution in [1.29, 1.82) is 0 Å². The zero-order valence-corrected chi connectivity index (χ0v) is 10.3. The summed E-state index contributed by atoms with van der Waals surface area (Å²) in [7, 11) is 0. The number of anilines is 1. The Bertz CT molecular complexity index is 508. The first-order valence-electron chi connectivity index (χ1n) is 5.84. The normalized spacial score (nSPS) is 10.2. The Morgan fingerprint density at radius 3 is 2.89 bits per heavy atom. The summed E-state index contributed by atoms with van der Waals surface area (Å²) in [4.78, 5) is 15.7. The van der Waals surface area contributed by atoms with Crippen molar-refractivity contribution in [2.75, 3.05) is 12.0 Å². The van der Waals surface area contributed by atoms with E-state index < -0.39 is 0 Å². The van der Waals surface area contributed by atoms with Crippen LogP contribution in [0.5, 0.6) is 0 Å². The number of carbonyl (C=O) groups excluding carboxylic acids is 1. The second kappa shape index (κ2) is 6.45. The van der Waals surface area contributed by atoms with E-state index >= 15 is 0 Å². The van der Waals surface area contributed by atoms with Gasteiger partial charge < -0.3 is 15.3 Å². The van der Waals surface area contributed by atoms with Crippen LogP contribution in [0.4, 0.5) is 5.82 Å². The third kappa shape index (κ3) is 3.75. The summed E-state index contributed by atoms with van der Waals surface area (Å²) in [6.07, 6.45) is 6.16. The minimum atomic E-state index is -0.248. The van der Waals surface area contributed by atoms with Crippen LogP contribution in [0.15, 0.2) is 30.9 Å². The van der Waals surface area contributed by atoms with Crippen molar-refractivity contribution in [3.8, 4) is 0 Å². The topological polar surface area (TPSA) is 111 Å². The summed E-state index contributed by atoms with van der Waals surface area (Å²) in [5, 5.41) is 10.3. The summed E-state index contributed by atoms with van der Waals surface area (Å²) in [5.74, 6) is 5.33. The fourth-order valence-corrected chi connectivity index (χ4v) is 1.50. The fraction of sp³-hybridized carbons (Fsp3) is 0.273. The zero-order chi connectivity index (χ0) is 13.5. The maximum absolute atomic E-state index is 11.7. The van der Waals surface area contributed by atoms with E-state index in [4.69, 9.17) is 5.84 Å². The lowest BCUT2D eigenvalue weighted by atomic mass is 10.3. The van der Waals surface area contributed by atoms with Gasteiger partial charge in [-0.3, -0.25) is 4.79 Å². The number of hydrazine groups is 1. The first-order valence-corrected chi connectivity index (χ1v) is 5.84. The van der Waals surface area contributed by atoms with E-state index in [2.05, 4.69) is 25.9 Å². The third-order valence-corrected chi connectivity index (χ3v) is 2.48. The molecule has 100 valence electrons. The Balaban J connectivity index is 1.74. The number of hydrogen-bond acceptors (Lipinski definition) is 6. The summed E-state index contributed by atoms with van der Waals surface area (Å²) in [5.41, 5.74) is 2.61. The number of nitrogen functional groups attached to an aromatic ring is 1. The van der Waals surface area contributed by atoms with Crippen LogP contribution in [-0.2, 0) is 6.54 Å². The molecule has 0 radical (unpaired) electrons. The SMILES string of the molecule is NNc1ccc(C(=O)NCCCn2ccnc2)nn1. The molecule has 19 heavy (non-hydrogen) atoms. The largest absolute Gasteiger partial charge is 0.351 e. The monoisotopic (exact) mass is 261 g/mol. The van der Waals surface area contributed by atoms with Crippen LogP contribution in [0, 0.1) is 0 Å². The molecule has 0 atom stereocenters. The Labute approximate surface area is 110 Å². The highest BCUT2D eigenvalue weighted by Gasteiger charge is 2.06. The van der Waals surface area contributed by atoms with Gasteiger partial charge in [-0.2, -0.15) is 0 Å². The van der Waals surface area contributed by atoms with Gasteiger partial charge in [0.25, 0.3) is 5.91 Å². The van der Waals surface area contributed by atoms with Gasteiger partial charge in [-0.15, -0.1) is 10.2 Å². The quantitative estimate of drug-likeness (QED) is 0.376. The standard InChI is InChI=1S/C11H15N7O/c12-15-10-3-2-9(16-17-10)11(19)14-4-1-6-18-7-5-13-8-18/h2-3,5,7-8H,1,4,6,12H2,(H,14,19)(H,15,17). The van der Waals surface area contributed by atoms with Crippen molar-refractivity contribution in [3.63, 3.8) is 0 Å². The number of nitrogens with zero attached hydrogens (tertiary/aromatic N) is 4. The van der Waals surface area contributed by atoms with E-state index in [0.717, 1.165) is 13.0 Å². The van der Waals surface area contributed by atoms with Gasteiger partial charge in [0, 0.05) is 25.5 Å². The molecule has 0 aliphatic heterocycles. The first kappa shape index (κ1) is 13.0. The van der Waals surface area contributed by atoms with E-state index in [0.29, 0.717) is 12.4 Å². The molecule has 0 fully saturated rings. The number of carbonyl (C=O) groups is 1. The average Bonchev–Trinajstić information content (AvgIpc) is 2.96. The van der Waals surface area contributed by atoms with E-state index in [1.165, 1.54) is 0 Å². The van der Waals surface area contributed by atoms with E-state index in [1.807, 2.05) is 10.8 Å². The molecule has 8 heteroatoms. The molecular formula is C11H15N7O. The molecule has 8 nitrogen and oxygen atoms in total. The van der Waals surface area contributed by atoms with Crippen molar-refractivity contribution < 1.29 is 4.79 Å². The molecular weight excluding hydrogens is 246 g/mol. The van der Waals surface area contributed by atoms with E-state index in [9.17, 15) is 4.79 Å². The van der Waals surface area contributed by atoms with Crippen LogP contribution >= 0.6 is 0 Å². The summed E-state index contributed by atoms with van der Waals surface area (Å²) < 4.78 is 1.95. The molecule has 0 unspecified atom stereocenters. The third-order valence-electron chi connectivity index (χ3n) is 2.48. The number of amides is 1. The molecule has 0 spiro atoms. The molecule has 2 aromatic rings. The van der Waals surface area contributed by atoms with Gasteiger partial charge in [-0.25, -0.2) is 10.8 Å². The highest BCUT2D eigenvalue weighted by Crippen LogP contribution is 1.99. The molecule has 2 heterocycles. The minimum Gasteiger partial charge on any atom is -0.351 e. The van der Waals surface area contributed by atoms with Gasteiger partial charge in [0.15, 0.2) is 11.5 Å². The number of rotatable bonds is 6.